The summed E-state index contributed by atoms with van der Waals surface area (Å²) in [5.74, 6) is 0.537. The Labute approximate surface area is 135 Å². The number of hydrogen-bond acceptors (Lipinski definition) is 5. The van der Waals surface area contributed by atoms with Crippen LogP contribution in [0.4, 0.5) is 0 Å². The third kappa shape index (κ3) is 1.98. The van der Waals surface area contributed by atoms with E-state index in [1.807, 2.05) is 30.3 Å². The van der Waals surface area contributed by atoms with Crippen LogP contribution in [0, 0.1) is 0 Å². The summed E-state index contributed by atoms with van der Waals surface area (Å²) in [6, 6.07) is 9.83. The molecule has 0 aliphatic heterocycles. The van der Waals surface area contributed by atoms with Crippen molar-refractivity contribution >= 4 is 32.6 Å². The molecule has 5 rings (SSSR count). The summed E-state index contributed by atoms with van der Waals surface area (Å²) in [4.78, 5) is 25.6. The minimum absolute atomic E-state index is 0.307. The molecule has 0 N–H and O–H groups in total. The van der Waals surface area contributed by atoms with Gasteiger partial charge in [-0.3, -0.25) is 0 Å². The van der Waals surface area contributed by atoms with E-state index < -0.39 is 0 Å². The molecule has 23 heavy (non-hydrogen) atoms. The van der Waals surface area contributed by atoms with Gasteiger partial charge in [-0.25, -0.2) is 24.3 Å². The molecule has 0 atom stereocenters. The third-order valence-corrected chi connectivity index (χ3v) is 5.08. The average Bonchev–Trinajstić information content (AvgIpc) is 3.31. The fraction of sp³-hybridized carbons (Fsp3) is 0.176. The number of hydrogen-bond donors (Lipinski definition) is 0. The predicted molar refractivity (Wildman–Crippen MR) is 90.3 cm³/mol. The summed E-state index contributed by atoms with van der Waals surface area (Å²) in [5.41, 5.74) is 4.91. The quantitative estimate of drug-likeness (QED) is 0.569. The van der Waals surface area contributed by atoms with Gasteiger partial charge in [-0.15, -0.1) is 11.3 Å². The molecule has 3 aromatic heterocycles. The second-order valence-electron chi connectivity index (χ2n) is 5.78. The molecular weight excluding hydrogens is 308 g/mol. The van der Waals surface area contributed by atoms with Crippen molar-refractivity contribution in [2.75, 3.05) is 0 Å². The number of benzene rings is 1. The summed E-state index contributed by atoms with van der Waals surface area (Å²) in [6.45, 7) is 0. The Hall–Kier alpha value is -2.60. The summed E-state index contributed by atoms with van der Waals surface area (Å²) in [7, 11) is 0. The molecule has 5 nitrogen and oxygen atoms in total. The lowest BCUT2D eigenvalue weighted by Gasteiger charge is -2.10. The van der Waals surface area contributed by atoms with Crippen molar-refractivity contribution in [3.63, 3.8) is 0 Å². The first-order valence-corrected chi connectivity index (χ1v) is 8.40. The van der Waals surface area contributed by atoms with Gasteiger partial charge in [0.1, 0.15) is 0 Å². The second-order valence-corrected chi connectivity index (χ2v) is 6.63. The largest absolute Gasteiger partial charge is 0.353 e. The molecule has 0 spiro atoms. The van der Waals surface area contributed by atoms with Crippen LogP contribution in [0.1, 0.15) is 24.5 Å². The first-order chi connectivity index (χ1) is 11.3. The molecule has 1 aliphatic carbocycles. The highest BCUT2D eigenvalue weighted by Crippen LogP contribution is 2.39. The van der Waals surface area contributed by atoms with Crippen LogP contribution in [-0.4, -0.2) is 19.5 Å². The zero-order chi connectivity index (χ0) is 15.4. The molecule has 1 aliphatic rings. The minimum atomic E-state index is -0.307. The summed E-state index contributed by atoms with van der Waals surface area (Å²) < 4.78 is 2.59. The van der Waals surface area contributed by atoms with E-state index >= 15 is 0 Å². The van der Waals surface area contributed by atoms with Gasteiger partial charge in [-0.2, -0.15) is 0 Å². The van der Waals surface area contributed by atoms with Crippen LogP contribution in [0.3, 0.4) is 0 Å². The molecule has 1 fully saturated rings. The SMILES string of the molecule is O=c1ncc2ccc(C3CC3)nc2n1-c1cccc2ncsc12. The van der Waals surface area contributed by atoms with E-state index in [0.717, 1.165) is 27.0 Å². The number of fused-ring (bicyclic) bond motifs is 2. The Balaban J connectivity index is 1.89. The maximum atomic E-state index is 12.5. The summed E-state index contributed by atoms with van der Waals surface area (Å²) in [5, 5.41) is 0.871. The number of thiazole rings is 1. The number of pyridine rings is 1. The van der Waals surface area contributed by atoms with Gasteiger partial charge >= 0.3 is 5.69 Å². The van der Waals surface area contributed by atoms with E-state index in [4.69, 9.17) is 4.98 Å². The van der Waals surface area contributed by atoms with Gasteiger partial charge in [-0.1, -0.05) is 6.07 Å². The van der Waals surface area contributed by atoms with Crippen LogP contribution in [-0.2, 0) is 0 Å². The van der Waals surface area contributed by atoms with E-state index in [1.165, 1.54) is 24.2 Å². The normalized spacial score (nSPS) is 14.6. The third-order valence-electron chi connectivity index (χ3n) is 4.22. The Bertz CT molecular complexity index is 1110. The molecule has 112 valence electrons. The highest BCUT2D eigenvalue weighted by atomic mass is 32.1. The Kier molecular flexibility index (Phi) is 2.63. The maximum Gasteiger partial charge on any atom is 0.353 e. The first-order valence-electron chi connectivity index (χ1n) is 7.52. The van der Waals surface area contributed by atoms with Crippen molar-refractivity contribution in [2.45, 2.75) is 18.8 Å². The Morgan fingerprint density at radius 1 is 1.13 bits per heavy atom. The topological polar surface area (TPSA) is 60.7 Å². The first kappa shape index (κ1) is 12.9. The Morgan fingerprint density at radius 3 is 2.91 bits per heavy atom. The van der Waals surface area contributed by atoms with E-state index in [-0.39, 0.29) is 5.69 Å². The van der Waals surface area contributed by atoms with E-state index in [9.17, 15) is 4.79 Å². The predicted octanol–water partition coefficient (Wildman–Crippen LogP) is 3.27. The summed E-state index contributed by atoms with van der Waals surface area (Å²) in [6.07, 6.45) is 3.96. The van der Waals surface area contributed by atoms with Crippen molar-refractivity contribution in [1.82, 2.24) is 19.5 Å². The van der Waals surface area contributed by atoms with Crippen LogP contribution in [0.15, 0.2) is 46.8 Å². The van der Waals surface area contributed by atoms with Crippen LogP contribution >= 0.6 is 11.3 Å². The van der Waals surface area contributed by atoms with Crippen LogP contribution in [0.2, 0.25) is 0 Å². The monoisotopic (exact) mass is 320 g/mol. The van der Waals surface area contributed by atoms with Crippen molar-refractivity contribution in [3.05, 3.63) is 58.2 Å². The van der Waals surface area contributed by atoms with Crippen LogP contribution in [0.25, 0.3) is 26.9 Å². The zero-order valence-electron chi connectivity index (χ0n) is 12.1. The lowest BCUT2D eigenvalue weighted by molar-refractivity contribution is 0.929. The van der Waals surface area contributed by atoms with Gasteiger partial charge in [0.25, 0.3) is 0 Å². The van der Waals surface area contributed by atoms with Gasteiger partial charge in [0, 0.05) is 23.2 Å². The van der Waals surface area contributed by atoms with E-state index in [2.05, 4.69) is 9.97 Å². The molecule has 1 saturated carbocycles. The maximum absolute atomic E-state index is 12.5. The fourth-order valence-electron chi connectivity index (χ4n) is 2.90. The number of nitrogens with zero attached hydrogens (tertiary/aromatic N) is 4. The molecule has 0 bridgehead atoms. The molecule has 1 aromatic carbocycles. The van der Waals surface area contributed by atoms with Gasteiger partial charge in [0.05, 0.1) is 21.4 Å². The van der Waals surface area contributed by atoms with Crippen molar-refractivity contribution < 1.29 is 0 Å². The summed E-state index contributed by atoms with van der Waals surface area (Å²) >= 11 is 1.52. The second kappa shape index (κ2) is 4.70. The van der Waals surface area contributed by atoms with Crippen molar-refractivity contribution in [2.24, 2.45) is 0 Å². The van der Waals surface area contributed by atoms with Crippen LogP contribution < -0.4 is 5.69 Å². The molecular formula is C17H12N4OS. The molecule has 3 heterocycles. The number of aromatic nitrogens is 4. The van der Waals surface area contributed by atoms with Crippen LogP contribution in [0.5, 0.6) is 0 Å². The Morgan fingerprint density at radius 2 is 2.04 bits per heavy atom. The van der Waals surface area contributed by atoms with Crippen molar-refractivity contribution in [3.8, 4) is 5.69 Å². The van der Waals surface area contributed by atoms with Gasteiger partial charge in [0.2, 0.25) is 0 Å². The van der Waals surface area contributed by atoms with Gasteiger partial charge in [-0.05, 0) is 37.1 Å². The molecule has 0 unspecified atom stereocenters. The van der Waals surface area contributed by atoms with E-state index in [0.29, 0.717) is 11.6 Å². The van der Waals surface area contributed by atoms with Crippen molar-refractivity contribution in [1.29, 1.82) is 0 Å². The van der Waals surface area contributed by atoms with Gasteiger partial charge in [0.15, 0.2) is 5.65 Å². The lowest BCUT2D eigenvalue weighted by atomic mass is 10.2. The highest BCUT2D eigenvalue weighted by Gasteiger charge is 2.25. The standard InChI is InChI=1S/C17H12N4OS/c22-17-18-8-11-6-7-12(10-4-5-10)20-16(11)21(17)14-3-1-2-13-15(14)23-9-19-13/h1-3,6-10H,4-5H2. The average molecular weight is 320 g/mol. The molecule has 6 heteroatoms. The van der Waals surface area contributed by atoms with E-state index in [1.54, 1.807) is 16.3 Å². The number of rotatable bonds is 2. The molecule has 0 saturated heterocycles. The minimum Gasteiger partial charge on any atom is -0.245 e. The zero-order valence-corrected chi connectivity index (χ0v) is 13.0. The fourth-order valence-corrected chi connectivity index (χ4v) is 3.69. The van der Waals surface area contributed by atoms with Gasteiger partial charge < -0.3 is 0 Å². The lowest BCUT2D eigenvalue weighted by Crippen LogP contribution is -2.22. The molecule has 0 amide bonds. The smallest absolute Gasteiger partial charge is 0.245 e. The highest BCUT2D eigenvalue weighted by molar-refractivity contribution is 7.17. The molecule has 0 radical (unpaired) electrons. The molecule has 4 aromatic rings.